The number of hydrogen-bond acceptors (Lipinski definition) is 4. The SMILES string of the molecule is CC(C)C1=CC2(O)C(O)[C@@H](O)C2O1. The molecule has 1 aliphatic carbocycles. The molecule has 0 radical (unpaired) electrons. The lowest BCUT2D eigenvalue weighted by Crippen LogP contribution is -2.71. The summed E-state index contributed by atoms with van der Waals surface area (Å²) in [7, 11) is 0. The van der Waals surface area contributed by atoms with E-state index in [-0.39, 0.29) is 5.92 Å². The van der Waals surface area contributed by atoms with Crippen molar-refractivity contribution in [3.63, 3.8) is 0 Å². The Balaban J connectivity index is 2.22. The van der Waals surface area contributed by atoms with Gasteiger partial charge in [0.2, 0.25) is 0 Å². The van der Waals surface area contributed by atoms with E-state index in [9.17, 15) is 15.3 Å². The lowest BCUT2D eigenvalue weighted by atomic mass is 9.72. The quantitative estimate of drug-likeness (QED) is 0.511. The second kappa shape index (κ2) is 2.47. The molecule has 0 aromatic heterocycles. The van der Waals surface area contributed by atoms with Crippen LogP contribution in [-0.4, -0.2) is 39.2 Å². The smallest absolute Gasteiger partial charge is 0.162 e. The molecule has 4 atom stereocenters. The average Bonchev–Trinajstić information content (AvgIpc) is 2.40. The third kappa shape index (κ3) is 0.964. The number of aliphatic hydroxyl groups is 3. The Labute approximate surface area is 76.5 Å². The van der Waals surface area contributed by atoms with Crippen LogP contribution in [0, 0.1) is 5.92 Å². The molecule has 3 N–H and O–H groups in total. The first kappa shape index (κ1) is 8.99. The van der Waals surface area contributed by atoms with Crippen molar-refractivity contribution >= 4 is 0 Å². The van der Waals surface area contributed by atoms with Crippen LogP contribution in [0.3, 0.4) is 0 Å². The molecule has 1 fully saturated rings. The van der Waals surface area contributed by atoms with Crippen LogP contribution in [0.2, 0.25) is 0 Å². The van der Waals surface area contributed by atoms with E-state index in [2.05, 4.69) is 0 Å². The fourth-order valence-corrected chi connectivity index (χ4v) is 1.81. The van der Waals surface area contributed by atoms with Gasteiger partial charge in [0, 0.05) is 5.92 Å². The van der Waals surface area contributed by atoms with Gasteiger partial charge in [-0.3, -0.25) is 0 Å². The topological polar surface area (TPSA) is 69.9 Å². The molecule has 1 aliphatic heterocycles. The number of rotatable bonds is 1. The fourth-order valence-electron chi connectivity index (χ4n) is 1.81. The van der Waals surface area contributed by atoms with E-state index in [1.807, 2.05) is 13.8 Å². The van der Waals surface area contributed by atoms with E-state index < -0.39 is 23.9 Å². The third-order valence-corrected chi connectivity index (χ3v) is 2.77. The van der Waals surface area contributed by atoms with Crippen molar-refractivity contribution in [3.8, 4) is 0 Å². The van der Waals surface area contributed by atoms with Crippen LogP contribution in [0.1, 0.15) is 13.8 Å². The van der Waals surface area contributed by atoms with Crippen LogP contribution in [0.25, 0.3) is 0 Å². The molecule has 0 saturated heterocycles. The molecule has 2 rings (SSSR count). The first-order valence-electron chi connectivity index (χ1n) is 4.44. The Kier molecular flexibility index (Phi) is 1.71. The summed E-state index contributed by atoms with van der Waals surface area (Å²) in [6.07, 6.45) is -1.26. The molecule has 1 heterocycles. The van der Waals surface area contributed by atoms with Gasteiger partial charge in [-0.1, -0.05) is 13.8 Å². The van der Waals surface area contributed by atoms with Gasteiger partial charge in [-0.05, 0) is 6.08 Å². The highest BCUT2D eigenvalue weighted by Crippen LogP contribution is 2.44. The van der Waals surface area contributed by atoms with E-state index >= 15 is 0 Å². The Morgan fingerprint density at radius 1 is 1.46 bits per heavy atom. The van der Waals surface area contributed by atoms with E-state index in [4.69, 9.17) is 4.74 Å². The molecular formula is C9H14O4. The van der Waals surface area contributed by atoms with Gasteiger partial charge in [0.25, 0.3) is 0 Å². The van der Waals surface area contributed by atoms with Crippen molar-refractivity contribution in [2.75, 3.05) is 0 Å². The molecule has 4 heteroatoms. The van der Waals surface area contributed by atoms with Crippen molar-refractivity contribution in [1.82, 2.24) is 0 Å². The monoisotopic (exact) mass is 186 g/mol. The Hall–Kier alpha value is -0.580. The van der Waals surface area contributed by atoms with E-state index in [0.717, 1.165) is 0 Å². The van der Waals surface area contributed by atoms with Crippen molar-refractivity contribution in [2.45, 2.75) is 37.8 Å². The normalized spacial score (nSPS) is 48.2. The molecule has 13 heavy (non-hydrogen) atoms. The number of allylic oxidation sites excluding steroid dienone is 1. The summed E-state index contributed by atoms with van der Waals surface area (Å²) >= 11 is 0. The summed E-state index contributed by atoms with van der Waals surface area (Å²) in [5, 5.41) is 28.4. The van der Waals surface area contributed by atoms with Crippen LogP contribution in [-0.2, 0) is 4.74 Å². The van der Waals surface area contributed by atoms with E-state index in [0.29, 0.717) is 5.76 Å². The predicted octanol–water partition coefficient (Wildman–Crippen LogP) is -0.608. The van der Waals surface area contributed by atoms with Crippen molar-refractivity contribution in [2.24, 2.45) is 5.92 Å². The highest BCUT2D eigenvalue weighted by Gasteiger charge is 2.65. The zero-order valence-electron chi connectivity index (χ0n) is 7.64. The molecule has 4 nitrogen and oxygen atoms in total. The maximum Gasteiger partial charge on any atom is 0.162 e. The Bertz CT molecular complexity index is 260. The fraction of sp³-hybridized carbons (Fsp3) is 0.778. The lowest BCUT2D eigenvalue weighted by molar-refractivity contribution is -0.253. The maximum atomic E-state index is 9.80. The number of ether oxygens (including phenoxy) is 1. The van der Waals surface area contributed by atoms with Gasteiger partial charge < -0.3 is 20.1 Å². The van der Waals surface area contributed by atoms with Gasteiger partial charge >= 0.3 is 0 Å². The molecule has 2 aliphatic rings. The van der Waals surface area contributed by atoms with Crippen LogP contribution >= 0.6 is 0 Å². The van der Waals surface area contributed by atoms with Crippen molar-refractivity contribution in [1.29, 1.82) is 0 Å². The molecule has 0 spiro atoms. The minimum Gasteiger partial charge on any atom is -0.488 e. The van der Waals surface area contributed by atoms with Crippen LogP contribution in [0.4, 0.5) is 0 Å². The van der Waals surface area contributed by atoms with Crippen LogP contribution < -0.4 is 0 Å². The third-order valence-electron chi connectivity index (χ3n) is 2.77. The molecule has 0 bridgehead atoms. The predicted molar refractivity (Wildman–Crippen MR) is 44.8 cm³/mol. The second-order valence-corrected chi connectivity index (χ2v) is 4.06. The summed E-state index contributed by atoms with van der Waals surface area (Å²) in [6, 6.07) is 0. The van der Waals surface area contributed by atoms with E-state index in [1.54, 1.807) is 0 Å². The number of fused-ring (bicyclic) bond motifs is 1. The summed E-state index contributed by atoms with van der Waals surface area (Å²) in [6.45, 7) is 3.86. The molecule has 0 aromatic carbocycles. The molecule has 0 aromatic rings. The van der Waals surface area contributed by atoms with Gasteiger partial charge in [-0.15, -0.1) is 0 Å². The summed E-state index contributed by atoms with van der Waals surface area (Å²) in [5.41, 5.74) is -1.36. The highest BCUT2D eigenvalue weighted by molar-refractivity contribution is 5.30. The van der Waals surface area contributed by atoms with Gasteiger partial charge in [-0.2, -0.15) is 0 Å². The number of hydrogen-bond donors (Lipinski definition) is 3. The summed E-state index contributed by atoms with van der Waals surface area (Å²) < 4.78 is 5.31. The largest absolute Gasteiger partial charge is 0.488 e. The second-order valence-electron chi connectivity index (χ2n) is 4.06. The summed E-state index contributed by atoms with van der Waals surface area (Å²) in [5.74, 6) is 0.803. The number of aliphatic hydroxyl groups excluding tert-OH is 2. The maximum absolute atomic E-state index is 9.80. The molecular weight excluding hydrogens is 172 g/mol. The van der Waals surface area contributed by atoms with Crippen molar-refractivity contribution in [3.05, 3.63) is 11.8 Å². The summed E-state index contributed by atoms with van der Waals surface area (Å²) in [4.78, 5) is 0. The molecule has 74 valence electrons. The molecule has 3 unspecified atom stereocenters. The molecule has 1 saturated carbocycles. The first-order valence-corrected chi connectivity index (χ1v) is 4.44. The standard InChI is InChI=1S/C9H14O4/c1-4(2)5-3-9(12)7(11)6(10)8(9)13-5/h3-4,6-8,10-12H,1-2H3/t6-,7?,8?,9?/m1/s1. The zero-order chi connectivity index (χ0) is 9.80. The van der Waals surface area contributed by atoms with Crippen LogP contribution in [0.5, 0.6) is 0 Å². The van der Waals surface area contributed by atoms with E-state index in [1.165, 1.54) is 6.08 Å². The minimum atomic E-state index is -1.36. The van der Waals surface area contributed by atoms with Gasteiger partial charge in [-0.25, -0.2) is 0 Å². The highest BCUT2D eigenvalue weighted by atomic mass is 16.5. The first-order chi connectivity index (χ1) is 5.97. The Morgan fingerprint density at radius 2 is 2.08 bits per heavy atom. The Morgan fingerprint density at radius 3 is 2.54 bits per heavy atom. The van der Waals surface area contributed by atoms with Gasteiger partial charge in [0.05, 0.1) is 5.76 Å². The minimum absolute atomic E-state index is 0.161. The van der Waals surface area contributed by atoms with Crippen LogP contribution in [0.15, 0.2) is 11.8 Å². The molecule has 0 amide bonds. The van der Waals surface area contributed by atoms with Crippen molar-refractivity contribution < 1.29 is 20.1 Å². The van der Waals surface area contributed by atoms with Gasteiger partial charge in [0.1, 0.15) is 12.2 Å². The average molecular weight is 186 g/mol. The zero-order valence-corrected chi connectivity index (χ0v) is 7.64. The lowest BCUT2D eigenvalue weighted by Gasteiger charge is -2.47. The van der Waals surface area contributed by atoms with Gasteiger partial charge in [0.15, 0.2) is 11.7 Å².